The van der Waals surface area contributed by atoms with Gasteiger partial charge in [-0.2, -0.15) is 0 Å². The number of hydrogen-bond donors (Lipinski definition) is 2. The quantitative estimate of drug-likeness (QED) is 0.755. The van der Waals surface area contributed by atoms with E-state index in [-0.39, 0.29) is 17.5 Å². The maximum Gasteiger partial charge on any atom is 0.183 e. The molecule has 1 aromatic rings. The van der Waals surface area contributed by atoms with Crippen LogP contribution in [0.15, 0.2) is 12.3 Å². The first kappa shape index (κ1) is 12.6. The summed E-state index contributed by atoms with van der Waals surface area (Å²) in [5, 5.41) is 0. The van der Waals surface area contributed by atoms with Crippen molar-refractivity contribution in [2.75, 3.05) is 5.73 Å². The van der Waals surface area contributed by atoms with Crippen molar-refractivity contribution in [1.82, 2.24) is 4.98 Å². The summed E-state index contributed by atoms with van der Waals surface area (Å²) in [5.74, 6) is 0.299. The standard InChI is InChI=1S/C12H19N3O/c1-4-7(2)10(13)11(16)9-8(3)5-6-15-12(9)14/h5-7,10H,4,13H2,1-3H3,(H2,14,15). The summed E-state index contributed by atoms with van der Waals surface area (Å²) >= 11 is 0. The first-order chi connectivity index (χ1) is 7.49. The van der Waals surface area contributed by atoms with Crippen LogP contribution in [0.4, 0.5) is 5.82 Å². The van der Waals surface area contributed by atoms with Gasteiger partial charge in [0.15, 0.2) is 5.78 Å². The van der Waals surface area contributed by atoms with Crippen LogP contribution < -0.4 is 11.5 Å². The van der Waals surface area contributed by atoms with Gasteiger partial charge in [0.05, 0.1) is 11.6 Å². The number of nitrogen functional groups attached to an aromatic ring is 1. The molecule has 2 atom stereocenters. The molecule has 0 aromatic carbocycles. The predicted octanol–water partition coefficient (Wildman–Crippen LogP) is 1.53. The van der Waals surface area contributed by atoms with Crippen molar-refractivity contribution >= 4 is 11.6 Å². The van der Waals surface area contributed by atoms with Crippen molar-refractivity contribution in [2.45, 2.75) is 33.2 Å². The Bertz CT molecular complexity index is 370. The van der Waals surface area contributed by atoms with Gasteiger partial charge in [0.25, 0.3) is 0 Å². The molecule has 0 aliphatic heterocycles. The monoisotopic (exact) mass is 221 g/mol. The van der Waals surface area contributed by atoms with Gasteiger partial charge in [0.1, 0.15) is 5.82 Å². The topological polar surface area (TPSA) is 82.0 Å². The summed E-state index contributed by atoms with van der Waals surface area (Å²) in [6.07, 6.45) is 2.46. The number of carbonyl (C=O) groups is 1. The zero-order valence-electron chi connectivity index (χ0n) is 10.0. The van der Waals surface area contributed by atoms with Gasteiger partial charge in [0.2, 0.25) is 0 Å². The average molecular weight is 221 g/mol. The van der Waals surface area contributed by atoms with E-state index in [0.717, 1.165) is 12.0 Å². The second-order valence-electron chi connectivity index (χ2n) is 4.16. The average Bonchev–Trinajstić information content (AvgIpc) is 2.26. The van der Waals surface area contributed by atoms with E-state index in [4.69, 9.17) is 11.5 Å². The molecule has 0 aliphatic rings. The van der Waals surface area contributed by atoms with Crippen LogP contribution in [0.25, 0.3) is 0 Å². The van der Waals surface area contributed by atoms with E-state index >= 15 is 0 Å². The molecule has 0 radical (unpaired) electrons. The van der Waals surface area contributed by atoms with Crippen molar-refractivity contribution in [3.05, 3.63) is 23.4 Å². The fourth-order valence-corrected chi connectivity index (χ4v) is 1.58. The molecule has 2 unspecified atom stereocenters. The van der Waals surface area contributed by atoms with Gasteiger partial charge in [-0.3, -0.25) is 4.79 Å². The number of aromatic nitrogens is 1. The van der Waals surface area contributed by atoms with Crippen LogP contribution in [0.1, 0.15) is 36.2 Å². The number of ketones is 1. The number of pyridine rings is 1. The summed E-state index contributed by atoms with van der Waals surface area (Å²) in [5.41, 5.74) is 12.9. The number of nitrogens with zero attached hydrogens (tertiary/aromatic N) is 1. The highest BCUT2D eigenvalue weighted by Crippen LogP contribution is 2.18. The fourth-order valence-electron chi connectivity index (χ4n) is 1.58. The molecule has 0 aliphatic carbocycles. The van der Waals surface area contributed by atoms with Gasteiger partial charge in [-0.15, -0.1) is 0 Å². The maximum absolute atomic E-state index is 12.1. The third-order valence-corrected chi connectivity index (χ3v) is 2.99. The van der Waals surface area contributed by atoms with E-state index in [1.807, 2.05) is 20.8 Å². The van der Waals surface area contributed by atoms with Crippen molar-refractivity contribution in [2.24, 2.45) is 11.7 Å². The molecule has 88 valence electrons. The largest absolute Gasteiger partial charge is 0.383 e. The molecule has 4 heteroatoms. The lowest BCUT2D eigenvalue weighted by molar-refractivity contribution is 0.0935. The van der Waals surface area contributed by atoms with Gasteiger partial charge < -0.3 is 11.5 Å². The summed E-state index contributed by atoms with van der Waals surface area (Å²) in [4.78, 5) is 16.1. The normalized spacial score (nSPS) is 14.5. The Kier molecular flexibility index (Phi) is 4.01. The van der Waals surface area contributed by atoms with Gasteiger partial charge in [0, 0.05) is 6.20 Å². The lowest BCUT2D eigenvalue weighted by atomic mass is 9.91. The van der Waals surface area contributed by atoms with Crippen molar-refractivity contribution < 1.29 is 4.79 Å². The second kappa shape index (κ2) is 5.07. The van der Waals surface area contributed by atoms with Crippen LogP contribution >= 0.6 is 0 Å². The van der Waals surface area contributed by atoms with Gasteiger partial charge in [-0.05, 0) is 24.5 Å². The molecular formula is C12H19N3O. The molecule has 0 bridgehead atoms. The van der Waals surface area contributed by atoms with Gasteiger partial charge >= 0.3 is 0 Å². The van der Waals surface area contributed by atoms with Gasteiger partial charge in [-0.25, -0.2) is 4.98 Å². The van der Waals surface area contributed by atoms with Crippen molar-refractivity contribution in [1.29, 1.82) is 0 Å². The highest BCUT2D eigenvalue weighted by molar-refractivity contribution is 6.04. The summed E-state index contributed by atoms with van der Waals surface area (Å²) in [7, 11) is 0. The molecule has 0 saturated heterocycles. The molecule has 0 saturated carbocycles. The van der Waals surface area contributed by atoms with Crippen LogP contribution in [0, 0.1) is 12.8 Å². The molecule has 4 nitrogen and oxygen atoms in total. The van der Waals surface area contributed by atoms with Crippen LogP contribution in [-0.2, 0) is 0 Å². The Morgan fingerprint density at radius 2 is 2.19 bits per heavy atom. The molecule has 1 rings (SSSR count). The van der Waals surface area contributed by atoms with E-state index in [2.05, 4.69) is 4.98 Å². The maximum atomic E-state index is 12.1. The summed E-state index contributed by atoms with van der Waals surface area (Å²) < 4.78 is 0. The molecule has 1 heterocycles. The van der Waals surface area contributed by atoms with Gasteiger partial charge in [-0.1, -0.05) is 20.3 Å². The Morgan fingerprint density at radius 1 is 1.56 bits per heavy atom. The number of anilines is 1. The zero-order chi connectivity index (χ0) is 12.3. The van der Waals surface area contributed by atoms with Crippen molar-refractivity contribution in [3.8, 4) is 0 Å². The third kappa shape index (κ3) is 2.39. The lowest BCUT2D eigenvalue weighted by Gasteiger charge is -2.18. The summed E-state index contributed by atoms with van der Waals surface area (Å²) in [6, 6.07) is 1.27. The Balaban J connectivity index is 3.05. The summed E-state index contributed by atoms with van der Waals surface area (Å²) in [6.45, 7) is 5.82. The number of hydrogen-bond acceptors (Lipinski definition) is 4. The van der Waals surface area contributed by atoms with Crippen LogP contribution in [-0.4, -0.2) is 16.8 Å². The highest BCUT2D eigenvalue weighted by Gasteiger charge is 2.24. The van der Waals surface area contributed by atoms with Crippen LogP contribution in [0.3, 0.4) is 0 Å². The van der Waals surface area contributed by atoms with Crippen LogP contribution in [0.2, 0.25) is 0 Å². The molecule has 4 N–H and O–H groups in total. The fraction of sp³-hybridized carbons (Fsp3) is 0.500. The number of nitrogens with two attached hydrogens (primary N) is 2. The Labute approximate surface area is 96.0 Å². The van der Waals surface area contributed by atoms with E-state index in [9.17, 15) is 4.79 Å². The zero-order valence-corrected chi connectivity index (χ0v) is 10.0. The minimum absolute atomic E-state index is 0.113. The third-order valence-electron chi connectivity index (χ3n) is 2.99. The smallest absolute Gasteiger partial charge is 0.183 e. The minimum Gasteiger partial charge on any atom is -0.383 e. The predicted molar refractivity (Wildman–Crippen MR) is 65.1 cm³/mol. The number of aryl methyl sites for hydroxylation is 1. The number of carbonyl (C=O) groups excluding carboxylic acids is 1. The Morgan fingerprint density at radius 3 is 2.69 bits per heavy atom. The minimum atomic E-state index is -0.504. The molecule has 1 aromatic heterocycles. The first-order valence-corrected chi connectivity index (χ1v) is 5.49. The van der Waals surface area contributed by atoms with Crippen molar-refractivity contribution in [3.63, 3.8) is 0 Å². The molecule has 0 fully saturated rings. The number of Topliss-reactive ketones (excluding diaryl/α,β-unsaturated/α-hetero) is 1. The van der Waals surface area contributed by atoms with E-state index in [0.29, 0.717) is 5.56 Å². The second-order valence-corrected chi connectivity index (χ2v) is 4.16. The molecule has 16 heavy (non-hydrogen) atoms. The highest BCUT2D eigenvalue weighted by atomic mass is 16.1. The first-order valence-electron chi connectivity index (χ1n) is 5.49. The lowest BCUT2D eigenvalue weighted by Crippen LogP contribution is -2.37. The molecule has 0 spiro atoms. The number of rotatable bonds is 4. The SMILES string of the molecule is CCC(C)C(N)C(=O)c1c(C)ccnc1N. The Hall–Kier alpha value is -1.42. The van der Waals surface area contributed by atoms with E-state index in [1.54, 1.807) is 12.3 Å². The van der Waals surface area contributed by atoms with E-state index in [1.165, 1.54) is 0 Å². The van der Waals surface area contributed by atoms with E-state index < -0.39 is 6.04 Å². The van der Waals surface area contributed by atoms with Crippen LogP contribution in [0.5, 0.6) is 0 Å². The molecule has 0 amide bonds. The molecular weight excluding hydrogens is 202 g/mol.